The number of aromatic nitrogens is 1. The standard InChI is InChI=1S/C23H19F6NO3/c24-22(25,26)17-7-12(9-20(31)32)8-18(23(27,28)29)21(17)33-14-5-6-19-15(10-14)16(11-30-19)13-3-1-2-4-13/h5-8,10-11,13,30H,1-4,9H2,(H,31,32). The highest BCUT2D eigenvalue weighted by Gasteiger charge is 2.43. The van der Waals surface area contributed by atoms with Crippen LogP contribution in [0.3, 0.4) is 0 Å². The molecule has 3 aromatic rings. The van der Waals surface area contributed by atoms with Crippen molar-refractivity contribution in [2.24, 2.45) is 0 Å². The second kappa shape index (κ2) is 8.31. The molecule has 0 unspecified atom stereocenters. The normalized spacial score (nSPS) is 15.3. The van der Waals surface area contributed by atoms with Crippen LogP contribution in [0, 0.1) is 0 Å². The van der Waals surface area contributed by atoms with Gasteiger partial charge in [0.1, 0.15) is 5.75 Å². The Kier molecular flexibility index (Phi) is 5.79. The van der Waals surface area contributed by atoms with Crippen molar-refractivity contribution in [3.63, 3.8) is 0 Å². The molecular weight excluding hydrogens is 452 g/mol. The Morgan fingerprint density at radius 2 is 1.61 bits per heavy atom. The van der Waals surface area contributed by atoms with E-state index < -0.39 is 47.2 Å². The van der Waals surface area contributed by atoms with Gasteiger partial charge in [-0.2, -0.15) is 26.3 Å². The van der Waals surface area contributed by atoms with Crippen molar-refractivity contribution in [3.05, 3.63) is 58.8 Å². The van der Waals surface area contributed by atoms with E-state index in [2.05, 4.69) is 4.98 Å². The number of benzene rings is 2. The van der Waals surface area contributed by atoms with Crippen molar-refractivity contribution < 1.29 is 41.0 Å². The Balaban J connectivity index is 1.83. The molecule has 1 heterocycles. The summed E-state index contributed by atoms with van der Waals surface area (Å²) in [6.45, 7) is 0. The molecule has 1 aliphatic rings. The molecule has 0 saturated heterocycles. The number of rotatable bonds is 5. The van der Waals surface area contributed by atoms with Gasteiger partial charge in [-0.3, -0.25) is 4.79 Å². The van der Waals surface area contributed by atoms with Crippen molar-refractivity contribution in [1.29, 1.82) is 0 Å². The van der Waals surface area contributed by atoms with Crippen molar-refractivity contribution >= 4 is 16.9 Å². The first-order chi connectivity index (χ1) is 15.4. The quantitative estimate of drug-likeness (QED) is 0.385. The lowest BCUT2D eigenvalue weighted by Crippen LogP contribution is -2.16. The number of halogens is 6. The number of hydrogen-bond acceptors (Lipinski definition) is 2. The third kappa shape index (κ3) is 4.79. The molecule has 4 rings (SSSR count). The molecule has 0 radical (unpaired) electrons. The van der Waals surface area contributed by atoms with Gasteiger partial charge in [0.25, 0.3) is 0 Å². The van der Waals surface area contributed by atoms with Crippen LogP contribution < -0.4 is 4.74 Å². The van der Waals surface area contributed by atoms with Gasteiger partial charge in [-0.25, -0.2) is 0 Å². The minimum absolute atomic E-state index is 0.177. The monoisotopic (exact) mass is 471 g/mol. The molecule has 2 aromatic carbocycles. The number of carbonyl (C=O) groups is 1. The van der Waals surface area contributed by atoms with Crippen molar-refractivity contribution in [3.8, 4) is 11.5 Å². The predicted molar refractivity (Wildman–Crippen MR) is 107 cm³/mol. The van der Waals surface area contributed by atoms with Gasteiger partial charge in [-0.15, -0.1) is 0 Å². The molecule has 1 fully saturated rings. The number of carboxylic acid groups (broad SMARTS) is 1. The highest BCUT2D eigenvalue weighted by atomic mass is 19.4. The first kappa shape index (κ1) is 23.0. The molecule has 1 aromatic heterocycles. The zero-order valence-electron chi connectivity index (χ0n) is 17.1. The number of hydrogen-bond donors (Lipinski definition) is 2. The number of H-pyrrole nitrogens is 1. The minimum Gasteiger partial charge on any atom is -0.481 e. The summed E-state index contributed by atoms with van der Waals surface area (Å²) in [5, 5.41) is 9.54. The number of nitrogens with one attached hydrogen (secondary N) is 1. The maximum atomic E-state index is 13.7. The smallest absolute Gasteiger partial charge is 0.420 e. The molecule has 4 nitrogen and oxygen atoms in total. The van der Waals surface area contributed by atoms with Crippen molar-refractivity contribution in [2.75, 3.05) is 0 Å². The van der Waals surface area contributed by atoms with E-state index in [1.165, 1.54) is 12.1 Å². The summed E-state index contributed by atoms with van der Waals surface area (Å²) in [6.07, 6.45) is -5.55. The summed E-state index contributed by atoms with van der Waals surface area (Å²) in [5.74, 6) is -2.87. The summed E-state index contributed by atoms with van der Waals surface area (Å²) in [7, 11) is 0. The lowest BCUT2D eigenvalue weighted by Gasteiger charge is -2.20. The van der Waals surface area contributed by atoms with Gasteiger partial charge >= 0.3 is 18.3 Å². The molecule has 2 N–H and O–H groups in total. The Labute approximate surface area is 184 Å². The summed E-state index contributed by atoms with van der Waals surface area (Å²) in [4.78, 5) is 14.0. The van der Waals surface area contributed by atoms with E-state index in [0.29, 0.717) is 23.0 Å². The molecule has 0 atom stereocenters. The van der Waals surface area contributed by atoms with Gasteiger partial charge in [-0.05, 0) is 60.2 Å². The van der Waals surface area contributed by atoms with Crippen molar-refractivity contribution in [1.82, 2.24) is 4.98 Å². The molecule has 33 heavy (non-hydrogen) atoms. The largest absolute Gasteiger partial charge is 0.481 e. The van der Waals surface area contributed by atoms with Crippen LogP contribution in [-0.4, -0.2) is 16.1 Å². The Bertz CT molecular complexity index is 1150. The molecule has 1 saturated carbocycles. The van der Waals surface area contributed by atoms with Crippen LogP contribution in [0.25, 0.3) is 10.9 Å². The average Bonchev–Trinajstić information content (AvgIpc) is 3.35. The average molecular weight is 471 g/mol. The van der Waals surface area contributed by atoms with E-state index in [0.717, 1.165) is 31.2 Å². The van der Waals surface area contributed by atoms with Crippen LogP contribution in [-0.2, 0) is 23.6 Å². The zero-order valence-corrected chi connectivity index (χ0v) is 17.1. The number of aliphatic carboxylic acids is 1. The van der Waals surface area contributed by atoms with E-state index in [1.54, 1.807) is 6.07 Å². The Hall–Kier alpha value is -3.17. The molecule has 0 amide bonds. The zero-order chi connectivity index (χ0) is 24.0. The topological polar surface area (TPSA) is 62.3 Å². The molecule has 1 aliphatic carbocycles. The van der Waals surface area contributed by atoms with Crippen LogP contribution in [0.1, 0.15) is 53.9 Å². The summed E-state index contributed by atoms with van der Waals surface area (Å²) in [6, 6.07) is 5.05. The van der Waals surface area contributed by atoms with E-state index in [4.69, 9.17) is 9.84 Å². The predicted octanol–water partition coefficient (Wildman–Crippen LogP) is 7.28. The summed E-state index contributed by atoms with van der Waals surface area (Å²) < 4.78 is 87.5. The van der Waals surface area contributed by atoms with E-state index in [-0.39, 0.29) is 11.7 Å². The van der Waals surface area contributed by atoms with Gasteiger partial charge in [0.2, 0.25) is 0 Å². The lowest BCUT2D eigenvalue weighted by molar-refractivity contribution is -0.145. The van der Waals surface area contributed by atoms with Gasteiger partial charge in [-0.1, -0.05) is 12.8 Å². The first-order valence-electron chi connectivity index (χ1n) is 10.3. The second-order valence-electron chi connectivity index (χ2n) is 8.12. The fraction of sp³-hybridized carbons (Fsp3) is 0.348. The number of fused-ring (bicyclic) bond motifs is 1. The third-order valence-corrected chi connectivity index (χ3v) is 5.81. The van der Waals surface area contributed by atoms with Crippen LogP contribution in [0.5, 0.6) is 11.5 Å². The van der Waals surface area contributed by atoms with E-state index in [1.807, 2.05) is 6.20 Å². The SMILES string of the molecule is O=C(O)Cc1cc(C(F)(F)F)c(Oc2ccc3[nH]cc(C4CCCC4)c3c2)c(C(F)(F)F)c1. The molecule has 0 aliphatic heterocycles. The van der Waals surface area contributed by atoms with Gasteiger partial charge in [0.05, 0.1) is 17.5 Å². The van der Waals surface area contributed by atoms with Crippen molar-refractivity contribution in [2.45, 2.75) is 50.4 Å². The number of aromatic amines is 1. The maximum Gasteiger partial charge on any atom is 0.420 e. The summed E-state index contributed by atoms with van der Waals surface area (Å²) in [5.41, 5.74) is -2.33. The van der Waals surface area contributed by atoms with E-state index >= 15 is 0 Å². The number of ether oxygens (including phenoxy) is 1. The fourth-order valence-corrected chi connectivity index (χ4v) is 4.37. The minimum atomic E-state index is -5.20. The van der Waals surface area contributed by atoms with E-state index in [9.17, 15) is 31.1 Å². The van der Waals surface area contributed by atoms with Crippen LogP contribution in [0.15, 0.2) is 36.5 Å². The molecular formula is C23H19F6NO3. The molecule has 176 valence electrons. The van der Waals surface area contributed by atoms with Crippen LogP contribution in [0.2, 0.25) is 0 Å². The highest BCUT2D eigenvalue weighted by molar-refractivity contribution is 5.85. The number of carboxylic acids is 1. The third-order valence-electron chi connectivity index (χ3n) is 5.81. The Morgan fingerprint density at radius 1 is 1.00 bits per heavy atom. The van der Waals surface area contributed by atoms with Gasteiger partial charge in [0, 0.05) is 17.1 Å². The van der Waals surface area contributed by atoms with Gasteiger partial charge < -0.3 is 14.8 Å². The molecule has 10 heteroatoms. The summed E-state index contributed by atoms with van der Waals surface area (Å²) >= 11 is 0. The van der Waals surface area contributed by atoms with Crippen LogP contribution in [0.4, 0.5) is 26.3 Å². The first-order valence-corrected chi connectivity index (χ1v) is 10.3. The second-order valence-corrected chi connectivity index (χ2v) is 8.12. The van der Waals surface area contributed by atoms with Crippen LogP contribution >= 0.6 is 0 Å². The lowest BCUT2D eigenvalue weighted by atomic mass is 9.97. The Morgan fingerprint density at radius 3 is 2.15 bits per heavy atom. The molecule has 0 bridgehead atoms. The maximum absolute atomic E-state index is 13.7. The highest BCUT2D eigenvalue weighted by Crippen LogP contribution is 2.47. The number of alkyl halides is 6. The molecule has 0 spiro atoms. The fourth-order valence-electron chi connectivity index (χ4n) is 4.37. The van der Waals surface area contributed by atoms with Gasteiger partial charge in [0.15, 0.2) is 5.75 Å².